The first-order chi connectivity index (χ1) is 18.8. The third-order valence-corrected chi connectivity index (χ3v) is 6.40. The maximum Gasteiger partial charge on any atom is 0.339 e. The van der Waals surface area contributed by atoms with Crippen LogP contribution in [0.3, 0.4) is 0 Å². The Labute approximate surface area is 225 Å². The molecule has 4 rings (SSSR count). The van der Waals surface area contributed by atoms with Crippen molar-refractivity contribution < 1.29 is 23.9 Å². The van der Waals surface area contributed by atoms with Gasteiger partial charge in [-0.25, -0.2) is 9.48 Å². The van der Waals surface area contributed by atoms with Crippen LogP contribution in [0.4, 0.5) is 5.69 Å². The number of benzene rings is 2. The summed E-state index contributed by atoms with van der Waals surface area (Å²) in [5.41, 5.74) is 2.32. The number of rotatable bonds is 14. The Morgan fingerprint density at radius 3 is 2.62 bits per heavy atom. The molecular formula is C28H32N4O7. The predicted molar refractivity (Wildman–Crippen MR) is 144 cm³/mol. The fourth-order valence-electron chi connectivity index (χ4n) is 4.26. The van der Waals surface area contributed by atoms with Gasteiger partial charge in [0.1, 0.15) is 42.1 Å². The van der Waals surface area contributed by atoms with Crippen molar-refractivity contribution >= 4 is 16.7 Å². The standard InChI is InChI=1S/C28H32N4O7/c1-3-4-5-6-7-26-19(2)25-13-12-24(14-27(25)39-28(26)34)38-18-22(33)16-31-15-20(29-30-31)17-37-23-10-8-21(9-11-23)32(35)36/h8-15,22,33H,3-7,16-18H2,1-2H3. The van der Waals surface area contributed by atoms with E-state index in [9.17, 15) is 20.0 Å². The van der Waals surface area contributed by atoms with Crippen LogP contribution in [0.15, 0.2) is 57.9 Å². The average molecular weight is 537 g/mol. The lowest BCUT2D eigenvalue weighted by Gasteiger charge is -2.13. The molecule has 39 heavy (non-hydrogen) atoms. The van der Waals surface area contributed by atoms with E-state index in [1.807, 2.05) is 13.0 Å². The number of aromatic nitrogens is 3. The highest BCUT2D eigenvalue weighted by atomic mass is 16.6. The highest BCUT2D eigenvalue weighted by Gasteiger charge is 2.14. The van der Waals surface area contributed by atoms with Crippen LogP contribution in [0, 0.1) is 17.0 Å². The molecule has 11 nitrogen and oxygen atoms in total. The molecule has 1 N–H and O–H groups in total. The zero-order valence-corrected chi connectivity index (χ0v) is 22.0. The molecular weight excluding hydrogens is 504 g/mol. The largest absolute Gasteiger partial charge is 0.491 e. The number of nitro groups is 1. The van der Waals surface area contributed by atoms with Crippen molar-refractivity contribution in [3.8, 4) is 11.5 Å². The minimum absolute atomic E-state index is 0.00127. The first-order valence-corrected chi connectivity index (χ1v) is 13.0. The van der Waals surface area contributed by atoms with Gasteiger partial charge in [0.25, 0.3) is 5.69 Å². The molecule has 0 bridgehead atoms. The summed E-state index contributed by atoms with van der Waals surface area (Å²) in [7, 11) is 0. The lowest BCUT2D eigenvalue weighted by molar-refractivity contribution is -0.384. The maximum atomic E-state index is 12.6. The van der Waals surface area contributed by atoms with Gasteiger partial charge in [-0.2, -0.15) is 0 Å². The number of nitrogens with zero attached hydrogens (tertiary/aromatic N) is 4. The predicted octanol–water partition coefficient (Wildman–Crippen LogP) is 4.74. The van der Waals surface area contributed by atoms with Crippen LogP contribution in [0.25, 0.3) is 11.0 Å². The fraction of sp³-hybridized carbons (Fsp3) is 0.393. The summed E-state index contributed by atoms with van der Waals surface area (Å²) in [6.45, 7) is 4.37. The second-order valence-electron chi connectivity index (χ2n) is 9.40. The first kappa shape index (κ1) is 27.8. The highest BCUT2D eigenvalue weighted by Crippen LogP contribution is 2.25. The topological polar surface area (TPSA) is 143 Å². The molecule has 0 aliphatic heterocycles. The first-order valence-electron chi connectivity index (χ1n) is 13.0. The molecule has 0 saturated heterocycles. The zero-order valence-electron chi connectivity index (χ0n) is 22.0. The summed E-state index contributed by atoms with van der Waals surface area (Å²) in [5, 5.41) is 30.1. The van der Waals surface area contributed by atoms with Gasteiger partial charge < -0.3 is 19.0 Å². The van der Waals surface area contributed by atoms with Crippen molar-refractivity contribution in [3.05, 3.63) is 86.0 Å². The van der Waals surface area contributed by atoms with Crippen LogP contribution in [-0.2, 0) is 19.6 Å². The number of unbranched alkanes of at least 4 members (excludes halogenated alkanes) is 3. The van der Waals surface area contributed by atoms with E-state index in [-0.39, 0.29) is 31.1 Å². The van der Waals surface area contributed by atoms with Gasteiger partial charge >= 0.3 is 5.63 Å². The summed E-state index contributed by atoms with van der Waals surface area (Å²) in [4.78, 5) is 22.8. The molecule has 4 aromatic rings. The Kier molecular flexibility index (Phi) is 9.27. The molecule has 11 heteroatoms. The number of non-ortho nitro benzene ring substituents is 1. The number of hydrogen-bond donors (Lipinski definition) is 1. The monoisotopic (exact) mass is 536 g/mol. The van der Waals surface area contributed by atoms with Gasteiger partial charge in [0.15, 0.2) is 0 Å². The second-order valence-corrected chi connectivity index (χ2v) is 9.40. The van der Waals surface area contributed by atoms with Crippen LogP contribution < -0.4 is 15.1 Å². The maximum absolute atomic E-state index is 12.6. The van der Waals surface area contributed by atoms with Crippen molar-refractivity contribution in [2.45, 2.75) is 65.2 Å². The van der Waals surface area contributed by atoms with Crippen molar-refractivity contribution in [1.82, 2.24) is 15.0 Å². The SMILES string of the molecule is CCCCCCc1c(C)c2ccc(OCC(O)Cn3cc(COc4ccc([N+](=O)[O-])cc4)nn3)cc2oc1=O. The summed E-state index contributed by atoms with van der Waals surface area (Å²) in [6, 6.07) is 11.1. The van der Waals surface area contributed by atoms with E-state index in [0.717, 1.165) is 42.2 Å². The molecule has 2 aromatic carbocycles. The van der Waals surface area contributed by atoms with Gasteiger partial charge in [0, 0.05) is 29.1 Å². The summed E-state index contributed by atoms with van der Waals surface area (Å²) in [5.74, 6) is 0.948. The van der Waals surface area contributed by atoms with Crippen molar-refractivity contribution in [2.24, 2.45) is 0 Å². The molecule has 2 heterocycles. The molecule has 206 valence electrons. The molecule has 0 radical (unpaired) electrons. The molecule has 0 saturated carbocycles. The van der Waals surface area contributed by atoms with Crippen molar-refractivity contribution in [1.29, 1.82) is 0 Å². The van der Waals surface area contributed by atoms with Gasteiger partial charge in [-0.1, -0.05) is 31.4 Å². The number of nitro benzene ring substituents is 1. The Bertz CT molecular complexity index is 1460. The van der Waals surface area contributed by atoms with Crippen molar-refractivity contribution in [3.63, 3.8) is 0 Å². The minimum Gasteiger partial charge on any atom is -0.491 e. The van der Waals surface area contributed by atoms with E-state index in [1.54, 1.807) is 18.3 Å². The minimum atomic E-state index is -0.870. The van der Waals surface area contributed by atoms with Gasteiger partial charge in [-0.05, 0) is 49.6 Å². The molecule has 0 spiro atoms. The Morgan fingerprint density at radius 1 is 1.10 bits per heavy atom. The van der Waals surface area contributed by atoms with Gasteiger partial charge in [-0.3, -0.25) is 10.1 Å². The lowest BCUT2D eigenvalue weighted by atomic mass is 10.0. The van der Waals surface area contributed by atoms with E-state index in [1.165, 1.54) is 28.9 Å². The zero-order chi connectivity index (χ0) is 27.8. The highest BCUT2D eigenvalue weighted by molar-refractivity contribution is 5.82. The molecule has 0 amide bonds. The van der Waals surface area contributed by atoms with E-state index in [4.69, 9.17) is 13.9 Å². The second kappa shape index (κ2) is 13.0. The van der Waals surface area contributed by atoms with Crippen LogP contribution in [-0.4, -0.2) is 37.7 Å². The Hall–Kier alpha value is -4.25. The van der Waals surface area contributed by atoms with Crippen LogP contribution >= 0.6 is 0 Å². The summed E-state index contributed by atoms with van der Waals surface area (Å²) < 4.78 is 18.4. The summed E-state index contributed by atoms with van der Waals surface area (Å²) in [6.07, 6.45) is 5.83. The molecule has 1 unspecified atom stereocenters. The van der Waals surface area contributed by atoms with E-state index >= 15 is 0 Å². The number of aliphatic hydroxyl groups excluding tert-OH is 1. The Morgan fingerprint density at radius 2 is 1.87 bits per heavy atom. The normalized spacial score (nSPS) is 12.0. The van der Waals surface area contributed by atoms with Gasteiger partial charge in [0.05, 0.1) is 17.7 Å². The van der Waals surface area contributed by atoms with Gasteiger partial charge in [-0.15, -0.1) is 5.10 Å². The van der Waals surface area contributed by atoms with Crippen LogP contribution in [0.1, 0.15) is 49.4 Å². The molecule has 0 fully saturated rings. The molecule has 0 aliphatic rings. The molecule has 0 aliphatic carbocycles. The Balaban J connectivity index is 1.29. The van der Waals surface area contributed by atoms with Crippen molar-refractivity contribution in [2.75, 3.05) is 6.61 Å². The average Bonchev–Trinajstić information content (AvgIpc) is 3.37. The number of aliphatic hydroxyl groups is 1. The number of ether oxygens (including phenoxy) is 2. The quantitative estimate of drug-likeness (QED) is 0.105. The number of aryl methyl sites for hydroxylation is 1. The van der Waals surface area contributed by atoms with E-state index in [2.05, 4.69) is 17.2 Å². The van der Waals surface area contributed by atoms with E-state index < -0.39 is 11.0 Å². The number of hydrogen-bond acceptors (Lipinski definition) is 9. The van der Waals surface area contributed by atoms with Gasteiger partial charge in [0.2, 0.25) is 0 Å². The van der Waals surface area contributed by atoms with E-state index in [0.29, 0.717) is 29.2 Å². The third-order valence-electron chi connectivity index (χ3n) is 6.40. The third kappa shape index (κ3) is 7.41. The number of fused-ring (bicyclic) bond motifs is 1. The summed E-state index contributed by atoms with van der Waals surface area (Å²) >= 11 is 0. The smallest absolute Gasteiger partial charge is 0.339 e. The lowest BCUT2D eigenvalue weighted by Crippen LogP contribution is -2.24. The van der Waals surface area contributed by atoms with Crippen LogP contribution in [0.2, 0.25) is 0 Å². The fourth-order valence-corrected chi connectivity index (χ4v) is 4.26. The van der Waals surface area contributed by atoms with Crippen LogP contribution in [0.5, 0.6) is 11.5 Å². The molecule has 1 atom stereocenters. The molecule has 2 aromatic heterocycles.